The standard InChI is InChI=1S/C36H45ClN4O6S/c1-22-7-6-13-36(46-3)28-16-26(33(28)36)20-40-19-25-9-11-27(37)15-23(25)8-4-5-14-47-31-12-10-24(17-30(31)40)34(42)41(48(44)21-22)39-35(43)38-29-18-32(29)45-2/h6,9-13,15,17,22,26,28-29,32-33H,4-5,7-8,14,16,18-21H2,1-3H3,(H2,38,39,43)/b13-6+/t22-,26-,28?,29-,32-,33-,36-/m0/s1. The molecule has 258 valence electrons. The highest BCUT2D eigenvalue weighted by molar-refractivity contribution is 7.72. The van der Waals surface area contributed by atoms with Crippen molar-refractivity contribution < 1.29 is 32.1 Å². The quantitative estimate of drug-likeness (QED) is 0.243. The van der Waals surface area contributed by atoms with Gasteiger partial charge in [0.25, 0.3) is 0 Å². The number of carbonyl (C=O) groups excluding carboxylic acids is 2. The topological polar surface area (TPSA) is 109 Å². The molecule has 0 radical (unpaired) electrons. The number of hydrogen-bond acceptors (Lipinski definition) is 8. The summed E-state index contributed by atoms with van der Waals surface area (Å²) in [5.41, 5.74) is 5.84. The number of hydrogen-bond donors (Lipinski definition) is 2. The van der Waals surface area contributed by atoms with Gasteiger partial charge in [-0.25, -0.2) is 9.59 Å². The zero-order chi connectivity index (χ0) is 33.6. The first kappa shape index (κ1) is 33.4. The van der Waals surface area contributed by atoms with Crippen LogP contribution in [0.2, 0.25) is 5.02 Å². The highest BCUT2D eigenvalue weighted by Gasteiger charge is 2.73. The number of allylic oxidation sites excluding steroid dienone is 1. The lowest BCUT2D eigenvalue weighted by Gasteiger charge is -2.34. The zero-order valence-corrected chi connectivity index (χ0v) is 29.4. The van der Waals surface area contributed by atoms with Gasteiger partial charge < -0.3 is 28.6 Å². The molecule has 3 fully saturated rings. The van der Waals surface area contributed by atoms with Crippen molar-refractivity contribution in [3.8, 4) is 5.75 Å². The van der Waals surface area contributed by atoms with Gasteiger partial charge in [0.1, 0.15) is 5.75 Å². The van der Waals surface area contributed by atoms with Crippen molar-refractivity contribution in [1.29, 1.82) is 0 Å². The van der Waals surface area contributed by atoms with E-state index in [1.165, 1.54) is 11.1 Å². The number of fused-ring (bicyclic) bond motifs is 3. The second-order valence-corrected chi connectivity index (χ2v) is 15.8. The molecule has 48 heavy (non-hydrogen) atoms. The van der Waals surface area contributed by atoms with Crippen LogP contribution >= 0.6 is 11.6 Å². The van der Waals surface area contributed by atoms with Crippen LogP contribution in [0.25, 0.3) is 0 Å². The molecule has 2 bridgehead atoms. The van der Waals surface area contributed by atoms with Crippen LogP contribution < -0.4 is 20.4 Å². The molecule has 2 aromatic rings. The van der Waals surface area contributed by atoms with Crippen molar-refractivity contribution in [1.82, 2.24) is 10.7 Å². The van der Waals surface area contributed by atoms with Gasteiger partial charge in [0.2, 0.25) is 0 Å². The summed E-state index contributed by atoms with van der Waals surface area (Å²) in [4.78, 5) is 29.6. The van der Waals surface area contributed by atoms with Crippen LogP contribution in [0.3, 0.4) is 0 Å². The molecule has 2 aromatic carbocycles. The molecule has 2 heterocycles. The first-order valence-corrected chi connectivity index (χ1v) is 18.7. The monoisotopic (exact) mass is 696 g/mol. The van der Waals surface area contributed by atoms with Gasteiger partial charge in [-0.15, -0.1) is 9.48 Å². The number of nitrogens with one attached hydrogen (secondary N) is 2. The molecule has 3 amide bonds. The van der Waals surface area contributed by atoms with Gasteiger partial charge >= 0.3 is 11.9 Å². The van der Waals surface area contributed by atoms with Crippen molar-refractivity contribution in [3.05, 3.63) is 70.3 Å². The molecule has 3 aliphatic carbocycles. The molecule has 1 unspecified atom stereocenters. The Labute approximate surface area is 289 Å². The third-order valence-corrected chi connectivity index (χ3v) is 12.5. The fourth-order valence-electron chi connectivity index (χ4n) is 7.96. The zero-order valence-electron chi connectivity index (χ0n) is 27.8. The molecule has 3 saturated carbocycles. The Morgan fingerprint density at radius 3 is 2.79 bits per heavy atom. The summed E-state index contributed by atoms with van der Waals surface area (Å²) in [7, 11) is 1.55. The van der Waals surface area contributed by atoms with Gasteiger partial charge in [0.15, 0.2) is 0 Å². The summed E-state index contributed by atoms with van der Waals surface area (Å²) in [5.74, 6) is 1.61. The lowest BCUT2D eigenvalue weighted by Crippen LogP contribution is -2.46. The van der Waals surface area contributed by atoms with E-state index < -0.39 is 22.5 Å². The number of nitrogens with zero attached hydrogens (tertiary/aromatic N) is 2. The van der Waals surface area contributed by atoms with Gasteiger partial charge in [-0.2, -0.15) is 0 Å². The maximum absolute atomic E-state index is 14.2. The number of ether oxygens (including phenoxy) is 3. The Morgan fingerprint density at radius 1 is 1.15 bits per heavy atom. The number of benzene rings is 2. The predicted octanol–water partition coefficient (Wildman–Crippen LogP) is 5.61. The summed E-state index contributed by atoms with van der Waals surface area (Å²) >= 11 is 6.46. The van der Waals surface area contributed by atoms with Crippen molar-refractivity contribution in [2.45, 2.75) is 69.7 Å². The normalized spacial score (nSPS) is 34.2. The van der Waals surface area contributed by atoms with Crippen LogP contribution in [-0.4, -0.2) is 66.9 Å². The van der Waals surface area contributed by atoms with Crippen LogP contribution in [0, 0.1) is 23.7 Å². The van der Waals surface area contributed by atoms with E-state index in [2.05, 4.69) is 39.9 Å². The summed E-state index contributed by atoms with van der Waals surface area (Å²) < 4.78 is 32.7. The first-order chi connectivity index (χ1) is 23.2. The maximum Gasteiger partial charge on any atom is 0.427 e. The summed E-state index contributed by atoms with van der Waals surface area (Å²) in [5, 5.41) is 3.54. The number of rotatable bonds is 4. The largest absolute Gasteiger partial charge is 0.491 e. The summed E-state index contributed by atoms with van der Waals surface area (Å²) in [6.45, 7) is 3.91. The molecule has 0 spiro atoms. The van der Waals surface area contributed by atoms with Gasteiger partial charge in [-0.1, -0.05) is 42.7 Å². The Morgan fingerprint density at radius 2 is 2.00 bits per heavy atom. The number of urea groups is 1. The average molecular weight is 697 g/mol. The molecule has 0 aromatic heterocycles. The van der Waals surface area contributed by atoms with Gasteiger partial charge in [-0.3, -0.25) is 0 Å². The fraction of sp³-hybridized carbons (Fsp3) is 0.556. The lowest BCUT2D eigenvalue weighted by atomic mass is 9.84. The smallest absolute Gasteiger partial charge is 0.427 e. The predicted molar refractivity (Wildman–Crippen MR) is 184 cm³/mol. The van der Waals surface area contributed by atoms with Crippen LogP contribution in [0.5, 0.6) is 5.75 Å². The van der Waals surface area contributed by atoms with Crippen LogP contribution in [0.15, 0.2) is 48.6 Å². The molecule has 0 saturated heterocycles. The van der Waals surface area contributed by atoms with Crippen LogP contribution in [0.4, 0.5) is 10.5 Å². The molecule has 2 N–H and O–H groups in total. The number of carbonyl (C=O) groups is 2. The van der Waals surface area contributed by atoms with E-state index in [1.807, 2.05) is 25.1 Å². The lowest BCUT2D eigenvalue weighted by molar-refractivity contribution is -0.452. The molecule has 7 atom stereocenters. The van der Waals surface area contributed by atoms with Crippen LogP contribution in [0.1, 0.15) is 60.5 Å². The number of anilines is 1. The third kappa shape index (κ3) is 6.58. The third-order valence-electron chi connectivity index (χ3n) is 10.8. The summed E-state index contributed by atoms with van der Waals surface area (Å²) in [6.07, 6.45) is 9.43. The molecular weight excluding hydrogens is 652 g/mol. The Balaban J connectivity index is 1.30. The van der Waals surface area contributed by atoms with Crippen LogP contribution in [-0.2, 0) is 37.2 Å². The highest BCUT2D eigenvalue weighted by Crippen LogP contribution is 2.70. The molecule has 7 rings (SSSR count). The maximum atomic E-state index is 14.2. The molecule has 5 aliphatic rings. The van der Waals surface area contributed by atoms with Crippen molar-refractivity contribution in [2.75, 3.05) is 38.0 Å². The van der Waals surface area contributed by atoms with E-state index >= 15 is 0 Å². The van der Waals surface area contributed by atoms with E-state index in [4.69, 9.17) is 25.8 Å². The SMILES string of the molecule is CO[C@H]1C[C@@H]1NC(=O)N/[N+]1=[S-](=O)\C[C@@H](C)C/C=C/[C@]2(OC)C3C[C@@H](CN4Cc5ccc(Cl)cc5CCCCOc5ccc(cc54)C1=O)[C@@H]32. The van der Waals surface area contributed by atoms with E-state index in [9.17, 15) is 13.8 Å². The van der Waals surface area contributed by atoms with Gasteiger partial charge in [-0.05, 0) is 97.6 Å². The minimum absolute atomic E-state index is 0.0116. The second kappa shape index (κ2) is 13.7. The van der Waals surface area contributed by atoms with E-state index in [1.54, 1.807) is 20.3 Å². The second-order valence-electron chi connectivity index (χ2n) is 14.0. The average Bonchev–Trinajstić information content (AvgIpc) is 3.93. The van der Waals surface area contributed by atoms with Crippen molar-refractivity contribution in [2.24, 2.45) is 23.7 Å². The number of aryl methyl sites for hydroxylation is 1. The van der Waals surface area contributed by atoms with Crippen molar-refractivity contribution >= 4 is 39.8 Å². The number of hydrazine groups is 1. The highest BCUT2D eigenvalue weighted by atomic mass is 35.5. The van der Waals surface area contributed by atoms with Crippen molar-refractivity contribution in [3.63, 3.8) is 0 Å². The minimum atomic E-state index is -1.84. The molecule has 12 heteroatoms. The number of halogens is 1. The Hall–Kier alpha value is -3.12. The Kier molecular flexibility index (Phi) is 9.49. The van der Waals surface area contributed by atoms with E-state index in [0.717, 1.165) is 47.0 Å². The van der Waals surface area contributed by atoms with E-state index in [-0.39, 0.29) is 29.4 Å². The fourth-order valence-corrected chi connectivity index (χ4v) is 9.41. The molecular formula is C36H45ClN4O6S. The Bertz CT molecular complexity index is 1710. The number of methoxy groups -OCH3 is 2. The first-order valence-electron chi connectivity index (χ1n) is 17.1. The number of amides is 3. The summed E-state index contributed by atoms with van der Waals surface area (Å²) in [6, 6.07) is 10.7. The van der Waals surface area contributed by atoms with E-state index in [0.29, 0.717) is 55.1 Å². The molecule has 10 nitrogen and oxygen atoms in total. The minimum Gasteiger partial charge on any atom is -0.491 e. The molecule has 2 aliphatic heterocycles. The van der Waals surface area contributed by atoms with Gasteiger partial charge in [0, 0.05) is 48.8 Å². The van der Waals surface area contributed by atoms with Gasteiger partial charge in [0.05, 0.1) is 35.6 Å².